The molecule has 0 spiro atoms. The van der Waals surface area contributed by atoms with Crippen molar-refractivity contribution >= 4 is 17.7 Å². The first-order valence-corrected chi connectivity index (χ1v) is 9.11. The Labute approximate surface area is 151 Å². The molecule has 0 aromatic rings. The molecule has 0 aromatic heterocycles. The standard InChI is InChI=1S/C18H34N4O3/c1-12(2)15(19)16(24)20-10-14(23)22-8-6-7-13(11-22)9-21-17(25)18(3,4)5/h12-13,15H,6-11,19H2,1-5H3,(H,20,24)(H,21,25)/t13?,15-/m0/s1. The van der Waals surface area contributed by atoms with Gasteiger partial charge in [0.05, 0.1) is 12.6 Å². The number of nitrogens with zero attached hydrogens (tertiary/aromatic N) is 1. The number of nitrogens with two attached hydrogens (primary N) is 1. The van der Waals surface area contributed by atoms with Crippen molar-refractivity contribution in [1.29, 1.82) is 0 Å². The molecule has 1 unspecified atom stereocenters. The van der Waals surface area contributed by atoms with Crippen LogP contribution in [-0.2, 0) is 14.4 Å². The summed E-state index contributed by atoms with van der Waals surface area (Å²) in [7, 11) is 0. The average molecular weight is 354 g/mol. The largest absolute Gasteiger partial charge is 0.355 e. The van der Waals surface area contributed by atoms with Crippen LogP contribution in [0.1, 0.15) is 47.5 Å². The molecular weight excluding hydrogens is 320 g/mol. The summed E-state index contributed by atoms with van der Waals surface area (Å²) in [5.41, 5.74) is 5.36. The van der Waals surface area contributed by atoms with Crippen molar-refractivity contribution in [3.8, 4) is 0 Å². The number of carbonyl (C=O) groups excluding carboxylic acids is 3. The van der Waals surface area contributed by atoms with Gasteiger partial charge in [0.2, 0.25) is 17.7 Å². The van der Waals surface area contributed by atoms with Crippen molar-refractivity contribution in [3.05, 3.63) is 0 Å². The molecule has 0 bridgehead atoms. The van der Waals surface area contributed by atoms with Crippen LogP contribution in [0.3, 0.4) is 0 Å². The minimum atomic E-state index is -0.602. The Kier molecular flexibility index (Phi) is 7.86. The second-order valence-corrected chi connectivity index (χ2v) is 8.30. The lowest BCUT2D eigenvalue weighted by Crippen LogP contribution is -2.50. The average Bonchev–Trinajstić information content (AvgIpc) is 2.55. The number of piperidine rings is 1. The molecule has 0 saturated carbocycles. The molecule has 1 aliphatic rings. The third kappa shape index (κ3) is 7.02. The summed E-state index contributed by atoms with van der Waals surface area (Å²) in [6.07, 6.45) is 1.89. The van der Waals surface area contributed by atoms with E-state index in [1.165, 1.54) is 0 Å². The first-order chi connectivity index (χ1) is 11.5. The summed E-state index contributed by atoms with van der Waals surface area (Å²) in [4.78, 5) is 37.9. The SMILES string of the molecule is CC(C)[C@H](N)C(=O)NCC(=O)N1CCCC(CNC(=O)C(C)(C)C)C1. The van der Waals surface area contributed by atoms with E-state index in [9.17, 15) is 14.4 Å². The highest BCUT2D eigenvalue weighted by Gasteiger charge is 2.27. The maximum atomic E-state index is 12.3. The molecule has 3 amide bonds. The third-order valence-electron chi connectivity index (χ3n) is 4.54. The second-order valence-electron chi connectivity index (χ2n) is 8.30. The summed E-state index contributed by atoms with van der Waals surface area (Å²) in [5, 5.41) is 5.59. The zero-order chi connectivity index (χ0) is 19.2. The summed E-state index contributed by atoms with van der Waals surface area (Å²) in [6.45, 7) is 11.2. The van der Waals surface area contributed by atoms with Gasteiger partial charge >= 0.3 is 0 Å². The lowest BCUT2D eigenvalue weighted by Gasteiger charge is -2.33. The van der Waals surface area contributed by atoms with Crippen LogP contribution in [0.4, 0.5) is 0 Å². The Hall–Kier alpha value is -1.63. The van der Waals surface area contributed by atoms with Gasteiger partial charge in [-0.1, -0.05) is 34.6 Å². The van der Waals surface area contributed by atoms with E-state index in [2.05, 4.69) is 10.6 Å². The third-order valence-corrected chi connectivity index (χ3v) is 4.54. The van der Waals surface area contributed by atoms with E-state index >= 15 is 0 Å². The van der Waals surface area contributed by atoms with Crippen LogP contribution in [-0.4, -0.2) is 54.8 Å². The molecule has 1 heterocycles. The number of hydrogen-bond donors (Lipinski definition) is 3. The number of hydrogen-bond acceptors (Lipinski definition) is 4. The second kappa shape index (κ2) is 9.17. The lowest BCUT2D eigenvalue weighted by atomic mass is 9.94. The topological polar surface area (TPSA) is 105 Å². The Morgan fingerprint density at radius 3 is 2.40 bits per heavy atom. The minimum absolute atomic E-state index is 0.0193. The Morgan fingerprint density at radius 1 is 1.20 bits per heavy atom. The first-order valence-electron chi connectivity index (χ1n) is 9.11. The van der Waals surface area contributed by atoms with Gasteiger partial charge < -0.3 is 21.3 Å². The van der Waals surface area contributed by atoms with E-state index in [4.69, 9.17) is 5.73 Å². The van der Waals surface area contributed by atoms with Crippen LogP contribution >= 0.6 is 0 Å². The van der Waals surface area contributed by atoms with Gasteiger partial charge in [0.15, 0.2) is 0 Å². The van der Waals surface area contributed by atoms with Gasteiger partial charge in [-0.2, -0.15) is 0 Å². The van der Waals surface area contributed by atoms with Crippen LogP contribution in [0.15, 0.2) is 0 Å². The van der Waals surface area contributed by atoms with Crippen LogP contribution in [0.2, 0.25) is 0 Å². The molecule has 1 saturated heterocycles. The predicted octanol–water partition coefficient (Wildman–Crippen LogP) is 0.487. The normalized spacial score (nSPS) is 19.5. The summed E-state index contributed by atoms with van der Waals surface area (Å²) >= 11 is 0. The molecule has 1 fully saturated rings. The van der Waals surface area contributed by atoms with E-state index in [0.717, 1.165) is 12.8 Å². The van der Waals surface area contributed by atoms with Crippen molar-refractivity contribution in [2.24, 2.45) is 23.0 Å². The fourth-order valence-corrected chi connectivity index (χ4v) is 2.66. The van der Waals surface area contributed by atoms with Crippen LogP contribution in [0.5, 0.6) is 0 Å². The highest BCUT2D eigenvalue weighted by atomic mass is 16.2. The van der Waals surface area contributed by atoms with E-state index in [1.807, 2.05) is 34.6 Å². The molecule has 7 heteroatoms. The van der Waals surface area contributed by atoms with Crippen LogP contribution in [0, 0.1) is 17.3 Å². The predicted molar refractivity (Wildman–Crippen MR) is 97.6 cm³/mol. The Balaban J connectivity index is 2.42. The molecule has 0 aromatic carbocycles. The molecule has 0 radical (unpaired) electrons. The van der Waals surface area contributed by atoms with Crippen LogP contribution < -0.4 is 16.4 Å². The number of likely N-dealkylation sites (tertiary alicyclic amines) is 1. The van der Waals surface area contributed by atoms with E-state index in [-0.39, 0.29) is 36.1 Å². The van der Waals surface area contributed by atoms with Crippen LogP contribution in [0.25, 0.3) is 0 Å². The van der Waals surface area contributed by atoms with Crippen molar-refractivity contribution in [2.45, 2.75) is 53.5 Å². The van der Waals surface area contributed by atoms with Crippen molar-refractivity contribution in [3.63, 3.8) is 0 Å². The maximum Gasteiger partial charge on any atom is 0.241 e. The molecule has 0 aliphatic carbocycles. The van der Waals surface area contributed by atoms with Gasteiger partial charge in [-0.15, -0.1) is 0 Å². The van der Waals surface area contributed by atoms with Gasteiger partial charge in [-0.05, 0) is 24.7 Å². The van der Waals surface area contributed by atoms with Crippen molar-refractivity contribution in [2.75, 3.05) is 26.2 Å². The van der Waals surface area contributed by atoms with Crippen molar-refractivity contribution in [1.82, 2.24) is 15.5 Å². The van der Waals surface area contributed by atoms with Gasteiger partial charge in [-0.3, -0.25) is 14.4 Å². The molecule has 144 valence electrons. The van der Waals surface area contributed by atoms with Gasteiger partial charge in [0.1, 0.15) is 0 Å². The molecule has 25 heavy (non-hydrogen) atoms. The quantitative estimate of drug-likeness (QED) is 0.645. The van der Waals surface area contributed by atoms with Gasteiger partial charge in [-0.25, -0.2) is 0 Å². The van der Waals surface area contributed by atoms with Gasteiger partial charge in [0, 0.05) is 25.0 Å². The molecule has 2 atom stereocenters. The van der Waals surface area contributed by atoms with E-state index in [1.54, 1.807) is 4.90 Å². The Bertz CT molecular complexity index is 485. The fourth-order valence-electron chi connectivity index (χ4n) is 2.66. The number of amides is 3. The molecule has 1 rings (SSSR count). The summed E-state index contributed by atoms with van der Waals surface area (Å²) < 4.78 is 0. The number of nitrogens with one attached hydrogen (secondary N) is 2. The summed E-state index contributed by atoms with van der Waals surface area (Å²) in [5.74, 6) is -0.102. The van der Waals surface area contributed by atoms with Gasteiger partial charge in [0.25, 0.3) is 0 Å². The zero-order valence-corrected chi connectivity index (χ0v) is 16.2. The van der Waals surface area contributed by atoms with Crippen molar-refractivity contribution < 1.29 is 14.4 Å². The number of carbonyl (C=O) groups is 3. The van der Waals surface area contributed by atoms with E-state index < -0.39 is 11.5 Å². The Morgan fingerprint density at radius 2 is 1.84 bits per heavy atom. The highest BCUT2D eigenvalue weighted by Crippen LogP contribution is 2.17. The van der Waals surface area contributed by atoms with E-state index in [0.29, 0.717) is 19.6 Å². The monoisotopic (exact) mass is 354 g/mol. The zero-order valence-electron chi connectivity index (χ0n) is 16.2. The first kappa shape index (κ1) is 21.4. The highest BCUT2D eigenvalue weighted by molar-refractivity contribution is 5.87. The maximum absolute atomic E-state index is 12.3. The molecule has 7 nitrogen and oxygen atoms in total. The molecular formula is C18H34N4O3. The summed E-state index contributed by atoms with van der Waals surface area (Å²) in [6, 6.07) is -0.602. The molecule has 1 aliphatic heterocycles. The minimum Gasteiger partial charge on any atom is -0.355 e. The smallest absolute Gasteiger partial charge is 0.241 e. The lowest BCUT2D eigenvalue weighted by molar-refractivity contribution is -0.134. The molecule has 4 N–H and O–H groups in total. The fraction of sp³-hybridized carbons (Fsp3) is 0.833. The number of rotatable bonds is 6.